The van der Waals surface area contributed by atoms with Crippen LogP contribution in [0.3, 0.4) is 0 Å². The maximum absolute atomic E-state index is 15.1. The van der Waals surface area contributed by atoms with Crippen LogP contribution in [0.1, 0.15) is 91.9 Å². The smallest absolute Gasteiger partial charge is 0.347 e. The van der Waals surface area contributed by atoms with Gasteiger partial charge in [0, 0.05) is 29.1 Å². The Bertz CT molecular complexity index is 1220. The molecular weight excluding hydrogens is 405 g/mol. The molecule has 0 aliphatic carbocycles. The fourth-order valence-electron chi connectivity index (χ4n) is 4.33. The van der Waals surface area contributed by atoms with Gasteiger partial charge in [0.1, 0.15) is 22.6 Å². The summed E-state index contributed by atoms with van der Waals surface area (Å²) in [5.41, 5.74) is 4.50. The zero-order chi connectivity index (χ0) is 23.4. The van der Waals surface area contributed by atoms with E-state index in [4.69, 9.17) is 9.84 Å². The Morgan fingerprint density at radius 1 is 1.28 bits per heavy atom. The summed E-state index contributed by atoms with van der Waals surface area (Å²) >= 11 is 0. The average molecular weight is 438 g/mol. The third kappa shape index (κ3) is 3.70. The predicted molar refractivity (Wildman–Crippen MR) is 124 cm³/mol. The van der Waals surface area contributed by atoms with Gasteiger partial charge < -0.3 is 4.74 Å². The number of nitrogens with zero attached hydrogens (tertiary/aromatic N) is 3. The number of hydrogen-bond acceptors (Lipinski definition) is 4. The number of carbonyl (C=O) groups excluding carboxylic acids is 1. The topological polar surface area (TPSA) is 57.0 Å². The van der Waals surface area contributed by atoms with Crippen LogP contribution in [0.2, 0.25) is 0 Å². The van der Waals surface area contributed by atoms with Crippen LogP contribution in [0, 0.1) is 19.7 Å². The number of benzene rings is 1. The number of hydrogen-bond donors (Lipinski definition) is 0. The molecule has 0 bridgehead atoms. The van der Waals surface area contributed by atoms with Crippen LogP contribution >= 0.6 is 0 Å². The van der Waals surface area contributed by atoms with E-state index >= 15 is 4.39 Å². The van der Waals surface area contributed by atoms with Gasteiger partial charge in [-0.25, -0.2) is 14.2 Å². The normalized spacial score (nSPS) is 14.6. The first-order valence-electron chi connectivity index (χ1n) is 11.5. The van der Waals surface area contributed by atoms with E-state index in [9.17, 15) is 4.79 Å². The van der Waals surface area contributed by atoms with Gasteiger partial charge in [0.25, 0.3) is 0 Å². The van der Waals surface area contributed by atoms with E-state index in [0.29, 0.717) is 22.4 Å². The van der Waals surface area contributed by atoms with E-state index < -0.39 is 11.8 Å². The Kier molecular flexibility index (Phi) is 5.60. The molecule has 1 aliphatic heterocycles. The minimum Gasteiger partial charge on any atom is -0.422 e. The van der Waals surface area contributed by atoms with Crippen molar-refractivity contribution in [2.24, 2.45) is 0 Å². The van der Waals surface area contributed by atoms with Crippen molar-refractivity contribution in [2.45, 2.75) is 85.6 Å². The van der Waals surface area contributed by atoms with Crippen molar-refractivity contribution in [3.05, 3.63) is 51.7 Å². The summed E-state index contributed by atoms with van der Waals surface area (Å²) < 4.78 is 23.1. The summed E-state index contributed by atoms with van der Waals surface area (Å²) in [6, 6.07) is 3.43. The van der Waals surface area contributed by atoms with Crippen LogP contribution in [0.4, 0.5) is 4.39 Å². The zero-order valence-electron chi connectivity index (χ0n) is 20.1. The lowest BCUT2D eigenvalue weighted by atomic mass is 9.86. The molecule has 4 rings (SSSR count). The molecule has 170 valence electrons. The summed E-state index contributed by atoms with van der Waals surface area (Å²) in [7, 11) is 0. The van der Waals surface area contributed by atoms with Crippen molar-refractivity contribution in [1.29, 1.82) is 0 Å². The van der Waals surface area contributed by atoms with Crippen LogP contribution < -0.4 is 4.74 Å². The number of pyridine rings is 1. The Balaban J connectivity index is 1.88. The minimum absolute atomic E-state index is 0.151. The molecule has 0 fully saturated rings. The van der Waals surface area contributed by atoms with Crippen molar-refractivity contribution in [1.82, 2.24) is 14.8 Å². The first-order valence-corrected chi connectivity index (χ1v) is 11.5. The van der Waals surface area contributed by atoms with E-state index in [1.165, 1.54) is 6.07 Å². The minimum atomic E-state index is -0.417. The molecule has 1 aliphatic rings. The second kappa shape index (κ2) is 7.98. The second-order valence-corrected chi connectivity index (χ2v) is 9.99. The Hall–Kier alpha value is -2.76. The van der Waals surface area contributed by atoms with Crippen LogP contribution in [-0.2, 0) is 18.4 Å². The molecule has 6 heteroatoms. The van der Waals surface area contributed by atoms with E-state index in [1.807, 2.05) is 45.4 Å². The molecule has 32 heavy (non-hydrogen) atoms. The van der Waals surface area contributed by atoms with Gasteiger partial charge >= 0.3 is 5.97 Å². The summed E-state index contributed by atoms with van der Waals surface area (Å²) in [4.78, 5) is 18.0. The molecule has 1 aromatic carbocycles. The third-order valence-corrected chi connectivity index (χ3v) is 6.68. The highest BCUT2D eigenvalue weighted by molar-refractivity contribution is 5.97. The molecule has 2 aromatic heterocycles. The Labute approximate surface area is 189 Å². The van der Waals surface area contributed by atoms with Crippen molar-refractivity contribution in [3.63, 3.8) is 0 Å². The molecule has 3 heterocycles. The highest BCUT2D eigenvalue weighted by Crippen LogP contribution is 2.37. The van der Waals surface area contributed by atoms with Gasteiger partial charge in [-0.15, -0.1) is 0 Å². The molecule has 3 aromatic rings. The monoisotopic (exact) mass is 437 g/mol. The van der Waals surface area contributed by atoms with E-state index in [-0.39, 0.29) is 16.8 Å². The predicted octanol–water partition coefficient (Wildman–Crippen LogP) is 6.16. The van der Waals surface area contributed by atoms with Crippen LogP contribution in [0.25, 0.3) is 10.9 Å². The molecule has 0 spiro atoms. The highest BCUT2D eigenvalue weighted by atomic mass is 19.1. The van der Waals surface area contributed by atoms with E-state index in [2.05, 4.69) is 18.8 Å². The van der Waals surface area contributed by atoms with Crippen molar-refractivity contribution in [3.8, 4) is 5.75 Å². The second-order valence-electron chi connectivity index (χ2n) is 9.99. The first kappa shape index (κ1) is 22.4. The highest BCUT2D eigenvalue weighted by Gasteiger charge is 2.31. The van der Waals surface area contributed by atoms with Crippen molar-refractivity contribution in [2.75, 3.05) is 0 Å². The number of ether oxygens (including phenoxy) is 1. The fraction of sp³-hybridized carbons (Fsp3) is 0.500. The molecule has 1 unspecified atom stereocenters. The van der Waals surface area contributed by atoms with Gasteiger partial charge in [-0.1, -0.05) is 34.6 Å². The third-order valence-electron chi connectivity index (χ3n) is 6.68. The summed E-state index contributed by atoms with van der Waals surface area (Å²) in [6.45, 7) is 14.8. The van der Waals surface area contributed by atoms with Gasteiger partial charge in [0.05, 0.1) is 11.4 Å². The average Bonchev–Trinajstić information content (AvgIpc) is 3.31. The lowest BCUT2D eigenvalue weighted by Gasteiger charge is -2.21. The van der Waals surface area contributed by atoms with Gasteiger partial charge in [0.15, 0.2) is 0 Å². The van der Waals surface area contributed by atoms with Gasteiger partial charge in [-0.2, -0.15) is 5.10 Å². The van der Waals surface area contributed by atoms with E-state index in [0.717, 1.165) is 48.3 Å². The molecule has 0 saturated heterocycles. The molecular formula is C26H32FN3O2. The summed E-state index contributed by atoms with van der Waals surface area (Å²) in [5, 5.41) is 5.26. The first-order chi connectivity index (χ1) is 15.0. The van der Waals surface area contributed by atoms with Gasteiger partial charge in [-0.3, -0.25) is 4.68 Å². The van der Waals surface area contributed by atoms with Crippen molar-refractivity contribution < 1.29 is 13.9 Å². The molecule has 0 radical (unpaired) electrons. The van der Waals surface area contributed by atoms with Crippen LogP contribution in [0.15, 0.2) is 12.1 Å². The number of rotatable bonds is 4. The van der Waals surface area contributed by atoms with Crippen LogP contribution in [-0.4, -0.2) is 20.7 Å². The number of carbonyl (C=O) groups is 1. The number of halogens is 1. The number of aromatic nitrogens is 3. The van der Waals surface area contributed by atoms with Crippen molar-refractivity contribution >= 4 is 16.9 Å². The zero-order valence-corrected chi connectivity index (χ0v) is 20.1. The largest absolute Gasteiger partial charge is 0.422 e. The lowest BCUT2D eigenvalue weighted by molar-refractivity contribution is 0.0733. The Morgan fingerprint density at radius 2 is 2.00 bits per heavy atom. The van der Waals surface area contributed by atoms with Gasteiger partial charge in [0.2, 0.25) is 0 Å². The summed E-state index contributed by atoms with van der Waals surface area (Å²) in [6.07, 6.45) is 2.67. The SMILES string of the molecule is CCC(C)c1nn2c(c1C(=O)Oc1c(C)c(C)nc3c(F)cc(C(C)(C)C)cc13)CCC2. The quantitative estimate of drug-likeness (QED) is 0.459. The number of aryl methyl sites for hydroxylation is 2. The standard InChI is InChI=1S/C26H32FN3O2/c1-8-14(2)22-21(20-10-9-11-30(20)29-22)25(31)32-24-15(3)16(4)28-23-18(24)12-17(13-19(23)27)26(5,6)7/h12-14H,8-11H2,1-7H3. The van der Waals surface area contributed by atoms with Gasteiger partial charge in [-0.05, 0) is 56.2 Å². The molecule has 0 amide bonds. The Morgan fingerprint density at radius 3 is 2.66 bits per heavy atom. The van der Waals surface area contributed by atoms with E-state index in [1.54, 1.807) is 0 Å². The summed E-state index contributed by atoms with van der Waals surface area (Å²) in [5.74, 6) is -0.285. The molecule has 1 atom stereocenters. The maximum Gasteiger partial charge on any atom is 0.347 e. The maximum atomic E-state index is 15.1. The molecule has 0 N–H and O–H groups in total. The molecule has 5 nitrogen and oxygen atoms in total. The number of esters is 1. The number of fused-ring (bicyclic) bond motifs is 2. The lowest BCUT2D eigenvalue weighted by Crippen LogP contribution is -2.16. The molecule has 0 saturated carbocycles. The van der Waals surface area contributed by atoms with Crippen LogP contribution in [0.5, 0.6) is 5.75 Å². The fourth-order valence-corrected chi connectivity index (χ4v) is 4.33.